The molecular formula is C19H22ClNO. The van der Waals surface area contributed by atoms with Crippen LogP contribution in [0.1, 0.15) is 37.4 Å². The molecule has 0 radical (unpaired) electrons. The Morgan fingerprint density at radius 3 is 2.45 bits per heavy atom. The van der Waals surface area contributed by atoms with Crippen molar-refractivity contribution in [3.8, 4) is 0 Å². The molecule has 0 N–H and O–H groups in total. The molecule has 0 spiro atoms. The number of benzene rings is 2. The maximum absolute atomic E-state index is 11.7. The molecule has 1 unspecified atom stereocenters. The summed E-state index contributed by atoms with van der Waals surface area (Å²) in [5.41, 5.74) is 2.35. The molecule has 0 aliphatic heterocycles. The number of nitrogens with zero attached hydrogens (tertiary/aromatic N) is 1. The van der Waals surface area contributed by atoms with Crippen molar-refractivity contribution in [1.29, 1.82) is 0 Å². The second kappa shape index (κ2) is 8.11. The zero-order valence-electron chi connectivity index (χ0n) is 13.1. The lowest BCUT2D eigenvalue weighted by Gasteiger charge is -2.31. The summed E-state index contributed by atoms with van der Waals surface area (Å²) in [5, 5.41) is 0.710. The van der Waals surface area contributed by atoms with Gasteiger partial charge in [0, 0.05) is 24.0 Å². The molecule has 0 saturated carbocycles. The van der Waals surface area contributed by atoms with E-state index in [4.69, 9.17) is 11.6 Å². The Labute approximate surface area is 137 Å². The van der Waals surface area contributed by atoms with Crippen molar-refractivity contribution in [2.75, 3.05) is 6.54 Å². The molecule has 2 rings (SSSR count). The number of carbonyl (C=O) groups excluding carboxylic acids is 1. The van der Waals surface area contributed by atoms with Crippen LogP contribution in [0.3, 0.4) is 0 Å². The van der Waals surface area contributed by atoms with Crippen molar-refractivity contribution in [1.82, 2.24) is 4.90 Å². The third-order valence-corrected chi connectivity index (χ3v) is 4.02. The van der Waals surface area contributed by atoms with Crippen LogP contribution in [0.25, 0.3) is 0 Å². The molecule has 2 nitrogen and oxygen atoms in total. The van der Waals surface area contributed by atoms with Crippen molar-refractivity contribution >= 4 is 17.4 Å². The van der Waals surface area contributed by atoms with E-state index >= 15 is 0 Å². The fraction of sp³-hybridized carbons (Fsp3) is 0.316. The van der Waals surface area contributed by atoms with E-state index in [9.17, 15) is 4.79 Å². The molecule has 0 aliphatic carbocycles. The van der Waals surface area contributed by atoms with Gasteiger partial charge >= 0.3 is 0 Å². The van der Waals surface area contributed by atoms with Gasteiger partial charge in [0.05, 0.1) is 0 Å². The van der Waals surface area contributed by atoms with Crippen molar-refractivity contribution < 1.29 is 4.79 Å². The quantitative estimate of drug-likeness (QED) is 0.725. The first-order chi connectivity index (χ1) is 10.6. The summed E-state index contributed by atoms with van der Waals surface area (Å²) in [6.45, 7) is 5.47. The second-order valence-electron chi connectivity index (χ2n) is 5.53. The van der Waals surface area contributed by atoms with Crippen LogP contribution >= 0.6 is 11.6 Å². The minimum Gasteiger partial charge on any atom is -0.300 e. The minimum atomic E-state index is 0.0569. The van der Waals surface area contributed by atoms with Gasteiger partial charge in [-0.1, -0.05) is 61.0 Å². The number of rotatable bonds is 7. The van der Waals surface area contributed by atoms with Crippen LogP contribution in [-0.4, -0.2) is 17.2 Å². The van der Waals surface area contributed by atoms with E-state index < -0.39 is 0 Å². The van der Waals surface area contributed by atoms with E-state index in [1.54, 1.807) is 6.92 Å². The highest BCUT2D eigenvalue weighted by Crippen LogP contribution is 2.28. The second-order valence-corrected chi connectivity index (χ2v) is 5.96. The highest BCUT2D eigenvalue weighted by molar-refractivity contribution is 6.30. The number of halogens is 1. The summed E-state index contributed by atoms with van der Waals surface area (Å²) in [7, 11) is 0. The Morgan fingerprint density at radius 2 is 1.86 bits per heavy atom. The van der Waals surface area contributed by atoms with Crippen LogP contribution in [0, 0.1) is 0 Å². The van der Waals surface area contributed by atoms with E-state index in [0.29, 0.717) is 11.4 Å². The van der Waals surface area contributed by atoms with E-state index in [1.807, 2.05) is 42.5 Å². The van der Waals surface area contributed by atoms with Crippen LogP contribution in [0.5, 0.6) is 0 Å². The number of ketones is 1. The molecule has 0 fully saturated rings. The Morgan fingerprint density at radius 1 is 1.14 bits per heavy atom. The van der Waals surface area contributed by atoms with Gasteiger partial charge in [0.1, 0.15) is 5.78 Å². The average molecular weight is 316 g/mol. The summed E-state index contributed by atoms with van der Waals surface area (Å²) in [6.07, 6.45) is 0.501. The molecule has 1 atom stereocenters. The van der Waals surface area contributed by atoms with Crippen LogP contribution in [0.4, 0.5) is 0 Å². The normalized spacial score (nSPS) is 12.4. The van der Waals surface area contributed by atoms with E-state index in [-0.39, 0.29) is 11.8 Å². The topological polar surface area (TPSA) is 20.3 Å². The van der Waals surface area contributed by atoms with Gasteiger partial charge in [-0.2, -0.15) is 0 Å². The fourth-order valence-corrected chi connectivity index (χ4v) is 2.90. The lowest BCUT2D eigenvalue weighted by molar-refractivity contribution is -0.118. The number of Topliss-reactive ketones (excluding diaryl/α,β-unsaturated/α-hetero) is 1. The molecule has 22 heavy (non-hydrogen) atoms. The van der Waals surface area contributed by atoms with Crippen molar-refractivity contribution in [3.05, 3.63) is 70.7 Å². The third-order valence-electron chi connectivity index (χ3n) is 3.79. The van der Waals surface area contributed by atoms with E-state index in [0.717, 1.165) is 18.7 Å². The van der Waals surface area contributed by atoms with Crippen LogP contribution in [0.15, 0.2) is 54.6 Å². The van der Waals surface area contributed by atoms with Crippen LogP contribution in [-0.2, 0) is 11.3 Å². The Hall–Kier alpha value is -1.64. The number of carbonyl (C=O) groups is 1. The lowest BCUT2D eigenvalue weighted by atomic mass is 9.99. The van der Waals surface area contributed by atoms with Crippen LogP contribution < -0.4 is 0 Å². The first-order valence-corrected chi connectivity index (χ1v) is 8.00. The van der Waals surface area contributed by atoms with Gasteiger partial charge in [-0.15, -0.1) is 0 Å². The van der Waals surface area contributed by atoms with Crippen molar-refractivity contribution in [2.45, 2.75) is 32.9 Å². The number of hydrogen-bond acceptors (Lipinski definition) is 2. The molecule has 0 aliphatic rings. The predicted octanol–water partition coefficient (Wildman–Crippen LogP) is 4.88. The standard InChI is InChI=1S/C19H22ClNO/c1-3-21(14-16-8-5-4-6-9-16)19(12-15(2)22)17-10-7-11-18(20)13-17/h4-11,13,19H,3,12,14H2,1-2H3. The first-order valence-electron chi connectivity index (χ1n) is 7.63. The van der Waals surface area contributed by atoms with Gasteiger partial charge in [0.2, 0.25) is 0 Å². The lowest BCUT2D eigenvalue weighted by Crippen LogP contribution is -2.29. The molecule has 0 aromatic heterocycles. The zero-order chi connectivity index (χ0) is 15.9. The monoisotopic (exact) mass is 315 g/mol. The summed E-state index contributed by atoms with van der Waals surface area (Å²) in [4.78, 5) is 14.0. The maximum atomic E-state index is 11.7. The van der Waals surface area contributed by atoms with Gasteiger partial charge in [-0.3, -0.25) is 9.69 Å². The molecule has 0 saturated heterocycles. The summed E-state index contributed by atoms with van der Waals surface area (Å²) in [5.74, 6) is 0.191. The fourth-order valence-electron chi connectivity index (χ4n) is 2.70. The SMILES string of the molecule is CCN(Cc1ccccc1)C(CC(C)=O)c1cccc(Cl)c1. The van der Waals surface area contributed by atoms with Gasteiger partial charge < -0.3 is 0 Å². The van der Waals surface area contributed by atoms with E-state index in [1.165, 1.54) is 5.56 Å². The predicted molar refractivity (Wildman–Crippen MR) is 92.0 cm³/mol. The summed E-state index contributed by atoms with van der Waals surface area (Å²) >= 11 is 6.13. The maximum Gasteiger partial charge on any atom is 0.131 e. The largest absolute Gasteiger partial charge is 0.300 e. The smallest absolute Gasteiger partial charge is 0.131 e. The molecule has 116 valence electrons. The Bertz CT molecular complexity index is 612. The molecule has 0 bridgehead atoms. The Kier molecular flexibility index (Phi) is 6.17. The first kappa shape index (κ1) is 16.7. The zero-order valence-corrected chi connectivity index (χ0v) is 13.9. The molecule has 0 heterocycles. The van der Waals surface area contributed by atoms with Crippen molar-refractivity contribution in [3.63, 3.8) is 0 Å². The van der Waals surface area contributed by atoms with Crippen LogP contribution in [0.2, 0.25) is 5.02 Å². The summed E-state index contributed by atoms with van der Waals surface area (Å²) < 4.78 is 0. The highest BCUT2D eigenvalue weighted by atomic mass is 35.5. The molecular weight excluding hydrogens is 294 g/mol. The molecule has 0 amide bonds. The van der Waals surface area contributed by atoms with Gasteiger partial charge in [0.15, 0.2) is 0 Å². The van der Waals surface area contributed by atoms with Gasteiger partial charge in [0.25, 0.3) is 0 Å². The summed E-state index contributed by atoms with van der Waals surface area (Å²) in [6, 6.07) is 18.2. The Balaban J connectivity index is 2.27. The molecule has 3 heteroatoms. The van der Waals surface area contributed by atoms with Gasteiger partial charge in [-0.25, -0.2) is 0 Å². The third kappa shape index (κ3) is 4.69. The van der Waals surface area contributed by atoms with Crippen molar-refractivity contribution in [2.24, 2.45) is 0 Å². The van der Waals surface area contributed by atoms with Gasteiger partial charge in [-0.05, 0) is 36.7 Å². The average Bonchev–Trinajstić information content (AvgIpc) is 2.51. The van der Waals surface area contributed by atoms with E-state index in [2.05, 4.69) is 24.0 Å². The molecule has 2 aromatic carbocycles. The molecule has 2 aromatic rings. The number of hydrogen-bond donors (Lipinski definition) is 0. The highest BCUT2D eigenvalue weighted by Gasteiger charge is 2.21. The minimum absolute atomic E-state index is 0.0569.